The van der Waals surface area contributed by atoms with Crippen molar-refractivity contribution in [2.45, 2.75) is 26.7 Å². The molecule has 1 aromatic heterocycles. The Morgan fingerprint density at radius 2 is 2.05 bits per heavy atom. The van der Waals surface area contributed by atoms with Gasteiger partial charge in [0, 0.05) is 44.5 Å². The quantitative estimate of drug-likeness (QED) is 0.802. The van der Waals surface area contributed by atoms with Gasteiger partial charge in [-0.05, 0) is 24.5 Å². The van der Waals surface area contributed by atoms with Crippen LogP contribution in [0.1, 0.15) is 26.7 Å². The van der Waals surface area contributed by atoms with Crippen LogP contribution in [0.3, 0.4) is 0 Å². The van der Waals surface area contributed by atoms with Crippen LogP contribution in [-0.2, 0) is 4.79 Å². The Bertz CT molecular complexity index is 456. The predicted octanol–water partition coefficient (Wildman–Crippen LogP) is 2.82. The number of hydrogen-bond acceptors (Lipinski definition) is 3. The lowest BCUT2D eigenvalue weighted by Crippen LogP contribution is -2.48. The molecule has 5 heteroatoms. The first kappa shape index (κ1) is 15.1. The molecule has 4 nitrogen and oxygen atoms in total. The zero-order chi connectivity index (χ0) is 14.5. The molecule has 20 heavy (non-hydrogen) atoms. The van der Waals surface area contributed by atoms with E-state index in [1.807, 2.05) is 17.0 Å². The Morgan fingerprint density at radius 1 is 1.35 bits per heavy atom. The topological polar surface area (TPSA) is 36.4 Å². The van der Waals surface area contributed by atoms with E-state index in [0.717, 1.165) is 38.3 Å². The van der Waals surface area contributed by atoms with E-state index in [9.17, 15) is 4.79 Å². The predicted molar refractivity (Wildman–Crippen MR) is 82.1 cm³/mol. The van der Waals surface area contributed by atoms with E-state index in [0.29, 0.717) is 17.5 Å². The van der Waals surface area contributed by atoms with Gasteiger partial charge in [-0.3, -0.25) is 4.79 Å². The van der Waals surface area contributed by atoms with Crippen molar-refractivity contribution in [3.05, 3.63) is 23.5 Å². The van der Waals surface area contributed by atoms with Gasteiger partial charge >= 0.3 is 0 Å². The van der Waals surface area contributed by atoms with Crippen molar-refractivity contribution in [2.24, 2.45) is 5.92 Å². The average Bonchev–Trinajstić information content (AvgIpc) is 2.45. The second-order valence-electron chi connectivity index (χ2n) is 5.64. The molecule has 0 spiro atoms. The maximum Gasteiger partial charge on any atom is 0.222 e. The van der Waals surface area contributed by atoms with Gasteiger partial charge in [-0.25, -0.2) is 4.98 Å². The molecule has 1 aliphatic heterocycles. The van der Waals surface area contributed by atoms with E-state index < -0.39 is 0 Å². The third-order valence-electron chi connectivity index (χ3n) is 3.64. The SMILES string of the molecule is CC(C)CCC(=O)N1CCN(c2ccnc(Cl)c2)CC1. The van der Waals surface area contributed by atoms with Crippen LogP contribution in [0.15, 0.2) is 18.3 Å². The van der Waals surface area contributed by atoms with Crippen molar-refractivity contribution >= 4 is 23.2 Å². The number of aromatic nitrogens is 1. The van der Waals surface area contributed by atoms with E-state index in [2.05, 4.69) is 23.7 Å². The van der Waals surface area contributed by atoms with Gasteiger partial charge in [-0.15, -0.1) is 0 Å². The summed E-state index contributed by atoms with van der Waals surface area (Å²) in [7, 11) is 0. The number of anilines is 1. The van der Waals surface area contributed by atoms with Gasteiger partial charge in [0.05, 0.1) is 0 Å². The molecule has 0 unspecified atom stereocenters. The summed E-state index contributed by atoms with van der Waals surface area (Å²) in [4.78, 5) is 20.3. The molecule has 1 fully saturated rings. The fourth-order valence-corrected chi connectivity index (χ4v) is 2.54. The number of carbonyl (C=O) groups is 1. The highest BCUT2D eigenvalue weighted by atomic mass is 35.5. The fourth-order valence-electron chi connectivity index (χ4n) is 2.37. The first-order valence-corrected chi connectivity index (χ1v) is 7.58. The average molecular weight is 296 g/mol. The normalized spacial score (nSPS) is 15.8. The highest BCUT2D eigenvalue weighted by Crippen LogP contribution is 2.19. The third kappa shape index (κ3) is 4.10. The number of piperazine rings is 1. The van der Waals surface area contributed by atoms with Crippen LogP contribution < -0.4 is 4.90 Å². The number of hydrogen-bond donors (Lipinski definition) is 0. The number of pyridine rings is 1. The maximum atomic E-state index is 12.1. The molecular formula is C15H22ClN3O. The third-order valence-corrected chi connectivity index (χ3v) is 3.85. The van der Waals surface area contributed by atoms with Crippen LogP contribution >= 0.6 is 11.6 Å². The van der Waals surface area contributed by atoms with Gasteiger partial charge in [-0.2, -0.15) is 0 Å². The van der Waals surface area contributed by atoms with E-state index in [1.54, 1.807) is 6.20 Å². The lowest BCUT2D eigenvalue weighted by Gasteiger charge is -2.36. The van der Waals surface area contributed by atoms with Crippen LogP contribution in [0.4, 0.5) is 5.69 Å². The van der Waals surface area contributed by atoms with Gasteiger partial charge in [0.2, 0.25) is 5.91 Å². The van der Waals surface area contributed by atoms with E-state index >= 15 is 0 Å². The van der Waals surface area contributed by atoms with Gasteiger partial charge in [0.1, 0.15) is 5.15 Å². The van der Waals surface area contributed by atoms with E-state index in [-0.39, 0.29) is 5.91 Å². The largest absolute Gasteiger partial charge is 0.368 e. The standard InChI is InChI=1S/C15H22ClN3O/c1-12(2)3-4-15(20)19-9-7-18(8-10-19)13-5-6-17-14(16)11-13/h5-6,11-12H,3-4,7-10H2,1-2H3. The summed E-state index contributed by atoms with van der Waals surface area (Å²) < 4.78 is 0. The molecule has 0 aromatic carbocycles. The van der Waals surface area contributed by atoms with Gasteiger partial charge in [0.25, 0.3) is 0 Å². The van der Waals surface area contributed by atoms with Crippen molar-refractivity contribution in [1.82, 2.24) is 9.88 Å². The Balaban J connectivity index is 1.84. The Hall–Kier alpha value is -1.29. The lowest BCUT2D eigenvalue weighted by molar-refractivity contribution is -0.131. The second-order valence-corrected chi connectivity index (χ2v) is 6.02. The number of halogens is 1. The van der Waals surface area contributed by atoms with Crippen molar-refractivity contribution in [3.63, 3.8) is 0 Å². The van der Waals surface area contributed by atoms with Crippen molar-refractivity contribution in [1.29, 1.82) is 0 Å². The minimum absolute atomic E-state index is 0.283. The van der Waals surface area contributed by atoms with Crippen LogP contribution in [0.25, 0.3) is 0 Å². The Labute approximate surface area is 125 Å². The van der Waals surface area contributed by atoms with E-state index in [4.69, 9.17) is 11.6 Å². The summed E-state index contributed by atoms with van der Waals surface area (Å²) in [5.41, 5.74) is 1.08. The first-order chi connectivity index (χ1) is 9.56. The van der Waals surface area contributed by atoms with E-state index in [1.165, 1.54) is 0 Å². The van der Waals surface area contributed by atoms with Crippen LogP contribution in [0.5, 0.6) is 0 Å². The summed E-state index contributed by atoms with van der Waals surface area (Å²) in [6, 6.07) is 3.83. The molecule has 0 saturated carbocycles. The van der Waals surface area contributed by atoms with Crippen LogP contribution in [0.2, 0.25) is 5.15 Å². The maximum absolute atomic E-state index is 12.1. The molecular weight excluding hydrogens is 274 g/mol. The molecule has 0 radical (unpaired) electrons. The summed E-state index contributed by atoms with van der Waals surface area (Å²) in [5.74, 6) is 0.866. The Morgan fingerprint density at radius 3 is 2.65 bits per heavy atom. The van der Waals surface area contributed by atoms with Crippen LogP contribution in [-0.4, -0.2) is 42.0 Å². The monoisotopic (exact) mass is 295 g/mol. The number of nitrogens with zero attached hydrogens (tertiary/aromatic N) is 3. The molecule has 2 rings (SSSR count). The number of rotatable bonds is 4. The van der Waals surface area contributed by atoms with Crippen molar-refractivity contribution in [2.75, 3.05) is 31.1 Å². The fraction of sp³-hybridized carbons (Fsp3) is 0.600. The van der Waals surface area contributed by atoms with Crippen molar-refractivity contribution in [3.8, 4) is 0 Å². The first-order valence-electron chi connectivity index (χ1n) is 7.20. The molecule has 1 aliphatic rings. The summed E-state index contributed by atoms with van der Waals surface area (Å²) in [5, 5.41) is 0.512. The molecule has 1 amide bonds. The molecule has 0 bridgehead atoms. The minimum atomic E-state index is 0.283. The minimum Gasteiger partial charge on any atom is -0.368 e. The molecule has 1 saturated heterocycles. The highest BCUT2D eigenvalue weighted by Gasteiger charge is 2.21. The number of amides is 1. The smallest absolute Gasteiger partial charge is 0.222 e. The van der Waals surface area contributed by atoms with Crippen molar-refractivity contribution < 1.29 is 4.79 Å². The summed E-state index contributed by atoms with van der Waals surface area (Å²) in [6.45, 7) is 7.59. The lowest BCUT2D eigenvalue weighted by atomic mass is 10.1. The highest BCUT2D eigenvalue weighted by molar-refractivity contribution is 6.29. The zero-order valence-electron chi connectivity index (χ0n) is 12.2. The summed E-state index contributed by atoms with van der Waals surface area (Å²) >= 11 is 5.91. The molecule has 0 N–H and O–H groups in total. The summed E-state index contributed by atoms with van der Waals surface area (Å²) in [6.07, 6.45) is 3.36. The van der Waals surface area contributed by atoms with Crippen LogP contribution in [0, 0.1) is 5.92 Å². The molecule has 0 atom stereocenters. The van der Waals surface area contributed by atoms with Gasteiger partial charge in [-0.1, -0.05) is 25.4 Å². The van der Waals surface area contributed by atoms with Gasteiger partial charge in [0.15, 0.2) is 0 Å². The Kier molecular flexibility index (Phi) is 5.24. The van der Waals surface area contributed by atoms with Gasteiger partial charge < -0.3 is 9.80 Å². The second kappa shape index (κ2) is 6.93. The molecule has 110 valence electrons. The molecule has 0 aliphatic carbocycles. The molecule has 2 heterocycles. The zero-order valence-corrected chi connectivity index (χ0v) is 12.9. The molecule has 1 aromatic rings. The number of carbonyl (C=O) groups excluding carboxylic acids is 1.